The Bertz CT molecular complexity index is 2830. The lowest BCUT2D eigenvalue weighted by Crippen LogP contribution is -1.96. The summed E-state index contributed by atoms with van der Waals surface area (Å²) in [6.45, 7) is 0. The Balaban J connectivity index is 1.03. The highest BCUT2D eigenvalue weighted by Gasteiger charge is 2.18. The van der Waals surface area contributed by atoms with Gasteiger partial charge in [-0.15, -0.1) is 0 Å². The van der Waals surface area contributed by atoms with Crippen LogP contribution < -0.4 is 0 Å². The van der Waals surface area contributed by atoms with Gasteiger partial charge in [-0.05, 0) is 41.5 Å². The SMILES string of the molecule is c1ccc(-c2cc(-c3ccccc3)nc(-c3ccc(-c4ccc5oc6c(-c7nc(-c8ccccc8)cc(-c8ccccc8)n7)cccc6c5c4)cc3)n2)cc1. The van der Waals surface area contributed by atoms with Crippen LogP contribution in [0.25, 0.3) is 101 Å². The van der Waals surface area contributed by atoms with Gasteiger partial charge in [0.05, 0.1) is 28.3 Å². The molecule has 10 aromatic rings. The van der Waals surface area contributed by atoms with E-state index in [1.54, 1.807) is 0 Å². The third-order valence-corrected chi connectivity index (χ3v) is 9.94. The van der Waals surface area contributed by atoms with Gasteiger partial charge in [0, 0.05) is 38.6 Å². The standard InChI is InChI=1S/C50H32N4O/c1-5-14-34(15-6-1)43-31-44(35-16-7-2-8-17-35)52-49(51-43)38-26-24-33(25-27-38)39-28-29-47-42(30-39)40-22-13-23-41(48(40)55-47)50-53-45(36-18-9-3-10-19-36)32-46(54-50)37-20-11-4-12-21-37/h1-32H. The van der Waals surface area contributed by atoms with Gasteiger partial charge in [0.25, 0.3) is 0 Å². The average molecular weight is 705 g/mol. The minimum absolute atomic E-state index is 0.620. The Morgan fingerprint density at radius 1 is 0.291 bits per heavy atom. The fraction of sp³-hybridized carbons (Fsp3) is 0. The maximum atomic E-state index is 6.60. The molecule has 0 radical (unpaired) electrons. The highest BCUT2D eigenvalue weighted by atomic mass is 16.3. The van der Waals surface area contributed by atoms with E-state index in [0.29, 0.717) is 11.6 Å². The highest BCUT2D eigenvalue weighted by molar-refractivity contribution is 6.10. The van der Waals surface area contributed by atoms with Crippen molar-refractivity contribution in [3.05, 3.63) is 194 Å². The number of fused-ring (bicyclic) bond motifs is 3. The smallest absolute Gasteiger partial charge is 0.164 e. The van der Waals surface area contributed by atoms with Crippen molar-refractivity contribution in [1.29, 1.82) is 0 Å². The number of hydrogen-bond donors (Lipinski definition) is 0. The summed E-state index contributed by atoms with van der Waals surface area (Å²) in [5.41, 5.74) is 13.2. The molecule has 0 saturated heterocycles. The first-order valence-electron chi connectivity index (χ1n) is 18.3. The van der Waals surface area contributed by atoms with Crippen molar-refractivity contribution in [2.24, 2.45) is 0 Å². The van der Waals surface area contributed by atoms with Crippen LogP contribution in [0.3, 0.4) is 0 Å². The van der Waals surface area contributed by atoms with E-state index in [0.717, 1.165) is 89.2 Å². The van der Waals surface area contributed by atoms with E-state index in [4.69, 9.17) is 24.4 Å². The third kappa shape index (κ3) is 6.24. The Morgan fingerprint density at radius 2 is 0.727 bits per heavy atom. The van der Waals surface area contributed by atoms with Gasteiger partial charge < -0.3 is 4.42 Å². The number of furan rings is 1. The third-order valence-electron chi connectivity index (χ3n) is 9.94. The number of para-hydroxylation sites is 1. The second kappa shape index (κ2) is 13.8. The number of benzene rings is 7. The zero-order chi connectivity index (χ0) is 36.6. The quantitative estimate of drug-likeness (QED) is 0.165. The molecule has 0 bridgehead atoms. The molecule has 10 rings (SSSR count). The molecule has 0 saturated carbocycles. The first-order chi connectivity index (χ1) is 27.2. The van der Waals surface area contributed by atoms with Gasteiger partial charge in [-0.1, -0.05) is 164 Å². The molecule has 5 nitrogen and oxygen atoms in total. The fourth-order valence-corrected chi connectivity index (χ4v) is 7.14. The van der Waals surface area contributed by atoms with Crippen molar-refractivity contribution in [1.82, 2.24) is 19.9 Å². The minimum Gasteiger partial charge on any atom is -0.455 e. The van der Waals surface area contributed by atoms with Crippen LogP contribution in [-0.4, -0.2) is 19.9 Å². The molecule has 0 N–H and O–H groups in total. The molecule has 0 unspecified atom stereocenters. The van der Waals surface area contributed by atoms with Gasteiger partial charge in [-0.25, -0.2) is 19.9 Å². The molecule has 3 heterocycles. The molecule has 0 aliphatic rings. The molecular formula is C50H32N4O. The second-order valence-electron chi connectivity index (χ2n) is 13.5. The Labute approximate surface area is 318 Å². The van der Waals surface area contributed by atoms with E-state index in [2.05, 4.69) is 115 Å². The van der Waals surface area contributed by atoms with Crippen LogP contribution in [0.2, 0.25) is 0 Å². The summed E-state index contributed by atoms with van der Waals surface area (Å²) in [7, 11) is 0. The number of hydrogen-bond acceptors (Lipinski definition) is 5. The summed E-state index contributed by atoms with van der Waals surface area (Å²) in [5, 5.41) is 2.05. The van der Waals surface area contributed by atoms with Gasteiger partial charge in [-0.3, -0.25) is 0 Å². The lowest BCUT2D eigenvalue weighted by Gasteiger charge is -2.10. The molecule has 0 atom stereocenters. The van der Waals surface area contributed by atoms with Crippen LogP contribution in [0.5, 0.6) is 0 Å². The van der Waals surface area contributed by atoms with Crippen molar-refractivity contribution >= 4 is 21.9 Å². The zero-order valence-electron chi connectivity index (χ0n) is 29.7. The molecule has 0 fully saturated rings. The minimum atomic E-state index is 0.620. The molecule has 258 valence electrons. The van der Waals surface area contributed by atoms with E-state index in [1.807, 2.05) is 78.9 Å². The molecule has 0 aliphatic carbocycles. The van der Waals surface area contributed by atoms with Gasteiger partial charge in [-0.2, -0.15) is 0 Å². The van der Waals surface area contributed by atoms with Crippen LogP contribution in [-0.2, 0) is 0 Å². The normalized spacial score (nSPS) is 11.3. The van der Waals surface area contributed by atoms with Gasteiger partial charge in [0.15, 0.2) is 11.6 Å². The Morgan fingerprint density at radius 3 is 1.22 bits per heavy atom. The predicted molar refractivity (Wildman–Crippen MR) is 223 cm³/mol. The van der Waals surface area contributed by atoms with E-state index in [-0.39, 0.29) is 0 Å². The zero-order valence-corrected chi connectivity index (χ0v) is 29.7. The molecule has 3 aromatic heterocycles. The van der Waals surface area contributed by atoms with Crippen LogP contribution in [0.1, 0.15) is 0 Å². The van der Waals surface area contributed by atoms with E-state index in [1.165, 1.54) is 0 Å². The maximum Gasteiger partial charge on any atom is 0.164 e. The number of rotatable bonds is 7. The first-order valence-corrected chi connectivity index (χ1v) is 18.3. The predicted octanol–water partition coefficient (Wildman–Crippen LogP) is 12.8. The fourth-order valence-electron chi connectivity index (χ4n) is 7.14. The van der Waals surface area contributed by atoms with Crippen LogP contribution in [0.15, 0.2) is 199 Å². The Hall–Kier alpha value is -7.50. The molecule has 0 amide bonds. The molecule has 0 spiro atoms. The summed E-state index contributed by atoms with van der Waals surface area (Å²) in [4.78, 5) is 20.2. The largest absolute Gasteiger partial charge is 0.455 e. The molecular weight excluding hydrogens is 673 g/mol. The summed E-state index contributed by atoms with van der Waals surface area (Å²) in [6, 6.07) is 66.2. The maximum absolute atomic E-state index is 6.60. The van der Waals surface area contributed by atoms with Crippen LogP contribution in [0.4, 0.5) is 0 Å². The van der Waals surface area contributed by atoms with Gasteiger partial charge in [0.1, 0.15) is 11.2 Å². The summed E-state index contributed by atoms with van der Waals surface area (Å²) < 4.78 is 6.60. The second-order valence-corrected chi connectivity index (χ2v) is 13.5. The van der Waals surface area contributed by atoms with E-state index >= 15 is 0 Å². The molecule has 55 heavy (non-hydrogen) atoms. The van der Waals surface area contributed by atoms with Crippen LogP contribution >= 0.6 is 0 Å². The lowest BCUT2D eigenvalue weighted by atomic mass is 10.0. The summed E-state index contributed by atoms with van der Waals surface area (Å²) in [6.07, 6.45) is 0. The summed E-state index contributed by atoms with van der Waals surface area (Å²) >= 11 is 0. The van der Waals surface area contributed by atoms with E-state index < -0.39 is 0 Å². The lowest BCUT2D eigenvalue weighted by molar-refractivity contribution is 0.669. The number of nitrogens with zero attached hydrogens (tertiary/aromatic N) is 4. The van der Waals surface area contributed by atoms with E-state index in [9.17, 15) is 0 Å². The molecule has 0 aliphatic heterocycles. The van der Waals surface area contributed by atoms with Crippen molar-refractivity contribution < 1.29 is 4.42 Å². The highest BCUT2D eigenvalue weighted by Crippen LogP contribution is 2.38. The summed E-state index contributed by atoms with van der Waals surface area (Å²) in [5.74, 6) is 1.30. The van der Waals surface area contributed by atoms with Crippen molar-refractivity contribution in [2.75, 3.05) is 0 Å². The average Bonchev–Trinajstić information content (AvgIpc) is 3.66. The molecule has 5 heteroatoms. The first kappa shape index (κ1) is 32.2. The van der Waals surface area contributed by atoms with Crippen LogP contribution in [0, 0.1) is 0 Å². The van der Waals surface area contributed by atoms with Crippen molar-refractivity contribution in [3.8, 4) is 78.9 Å². The number of aromatic nitrogens is 4. The van der Waals surface area contributed by atoms with Crippen molar-refractivity contribution in [3.63, 3.8) is 0 Å². The van der Waals surface area contributed by atoms with Gasteiger partial charge in [0.2, 0.25) is 0 Å². The van der Waals surface area contributed by atoms with Crippen molar-refractivity contribution in [2.45, 2.75) is 0 Å². The monoisotopic (exact) mass is 704 g/mol. The van der Waals surface area contributed by atoms with Gasteiger partial charge >= 0.3 is 0 Å². The molecule has 7 aromatic carbocycles. The Kier molecular flexibility index (Phi) is 8.08. The topological polar surface area (TPSA) is 64.7 Å².